The van der Waals surface area contributed by atoms with E-state index < -0.39 is 12.1 Å². The first-order chi connectivity index (χ1) is 14.6. The first-order valence-corrected chi connectivity index (χ1v) is 9.94. The summed E-state index contributed by atoms with van der Waals surface area (Å²) in [6.07, 6.45) is -0.285. The summed E-state index contributed by atoms with van der Waals surface area (Å²) in [5, 5.41) is 12.5. The van der Waals surface area contributed by atoms with E-state index in [1.807, 2.05) is 66.7 Å². The molecule has 0 aromatic heterocycles. The number of ether oxygens (including phenoxy) is 1. The second-order valence-electron chi connectivity index (χ2n) is 7.02. The molecule has 1 amide bonds. The van der Waals surface area contributed by atoms with E-state index in [1.165, 1.54) is 0 Å². The molecule has 0 radical (unpaired) electrons. The van der Waals surface area contributed by atoms with Gasteiger partial charge in [0.1, 0.15) is 5.75 Å². The first kappa shape index (κ1) is 21.1. The molecule has 0 saturated carbocycles. The average Bonchev–Trinajstić information content (AvgIpc) is 2.78. The van der Waals surface area contributed by atoms with Gasteiger partial charge in [-0.25, -0.2) is 4.79 Å². The van der Waals surface area contributed by atoms with Crippen molar-refractivity contribution < 1.29 is 19.4 Å². The fourth-order valence-electron chi connectivity index (χ4n) is 3.21. The summed E-state index contributed by atoms with van der Waals surface area (Å²) < 4.78 is 5.53. The van der Waals surface area contributed by atoms with Gasteiger partial charge in [0, 0.05) is 12.8 Å². The van der Waals surface area contributed by atoms with Crippen LogP contribution >= 0.6 is 0 Å². The first-order valence-electron chi connectivity index (χ1n) is 9.94. The summed E-state index contributed by atoms with van der Waals surface area (Å²) in [7, 11) is 0. The molecule has 5 heteroatoms. The molecule has 3 rings (SSSR count). The van der Waals surface area contributed by atoms with Gasteiger partial charge in [-0.05, 0) is 29.7 Å². The molecule has 3 aromatic carbocycles. The molecule has 0 spiro atoms. The average molecular weight is 403 g/mol. The molecule has 2 unspecified atom stereocenters. The molecule has 0 saturated heterocycles. The van der Waals surface area contributed by atoms with Gasteiger partial charge in [0.2, 0.25) is 5.91 Å². The standard InChI is InChI=1S/C25H25NO4/c27-24(17-16-23(25(28)29)30-21-14-8-3-9-15-21)26-22(20-12-6-2-7-13-20)18-19-10-4-1-5-11-19/h1-15,22-23H,16-18H2,(H,26,27)(H,28,29). The van der Waals surface area contributed by atoms with Gasteiger partial charge < -0.3 is 15.2 Å². The van der Waals surface area contributed by atoms with Crippen molar-refractivity contribution in [3.63, 3.8) is 0 Å². The molecule has 0 aliphatic rings. The van der Waals surface area contributed by atoms with Crippen molar-refractivity contribution in [2.24, 2.45) is 0 Å². The van der Waals surface area contributed by atoms with E-state index >= 15 is 0 Å². The summed E-state index contributed by atoms with van der Waals surface area (Å²) in [4.78, 5) is 24.2. The number of rotatable bonds is 10. The number of para-hydroxylation sites is 1. The Kier molecular flexibility index (Phi) is 7.61. The van der Waals surface area contributed by atoms with Crippen LogP contribution in [0.1, 0.15) is 30.0 Å². The second kappa shape index (κ2) is 10.8. The van der Waals surface area contributed by atoms with E-state index in [0.29, 0.717) is 12.2 Å². The maximum Gasteiger partial charge on any atom is 0.344 e. The molecule has 0 heterocycles. The van der Waals surface area contributed by atoms with Crippen molar-refractivity contribution in [3.05, 3.63) is 102 Å². The smallest absolute Gasteiger partial charge is 0.344 e. The zero-order valence-electron chi connectivity index (χ0n) is 16.6. The summed E-state index contributed by atoms with van der Waals surface area (Å²) in [5.41, 5.74) is 2.12. The van der Waals surface area contributed by atoms with E-state index in [0.717, 1.165) is 11.1 Å². The Morgan fingerprint density at radius 1 is 0.833 bits per heavy atom. The minimum absolute atomic E-state index is 0.0575. The fraction of sp³-hybridized carbons (Fsp3) is 0.200. The summed E-state index contributed by atoms with van der Waals surface area (Å²) in [5.74, 6) is -0.824. The van der Waals surface area contributed by atoms with E-state index in [-0.39, 0.29) is 24.8 Å². The van der Waals surface area contributed by atoms with Gasteiger partial charge >= 0.3 is 5.97 Å². The highest BCUT2D eigenvalue weighted by Crippen LogP contribution is 2.19. The van der Waals surface area contributed by atoms with Gasteiger partial charge in [-0.1, -0.05) is 78.9 Å². The molecule has 5 nitrogen and oxygen atoms in total. The van der Waals surface area contributed by atoms with Gasteiger partial charge in [-0.3, -0.25) is 4.79 Å². The quantitative estimate of drug-likeness (QED) is 0.526. The molecule has 0 aliphatic heterocycles. The maximum atomic E-state index is 12.6. The zero-order valence-corrected chi connectivity index (χ0v) is 16.6. The van der Waals surface area contributed by atoms with Crippen molar-refractivity contribution >= 4 is 11.9 Å². The molecule has 154 valence electrons. The van der Waals surface area contributed by atoms with Crippen LogP contribution in [0.3, 0.4) is 0 Å². The Bertz CT molecular complexity index is 929. The number of hydrogen-bond donors (Lipinski definition) is 2. The van der Waals surface area contributed by atoms with Gasteiger partial charge in [0.15, 0.2) is 6.10 Å². The third-order valence-electron chi connectivity index (χ3n) is 4.75. The summed E-state index contributed by atoms with van der Waals surface area (Å²) in [6, 6.07) is 28.3. The molecule has 0 aliphatic carbocycles. The van der Waals surface area contributed by atoms with Crippen molar-refractivity contribution in [1.82, 2.24) is 5.32 Å². The molecule has 0 fully saturated rings. The van der Waals surface area contributed by atoms with Crippen LogP contribution in [0.25, 0.3) is 0 Å². The van der Waals surface area contributed by atoms with Gasteiger partial charge in [-0.15, -0.1) is 0 Å². The number of carbonyl (C=O) groups is 2. The van der Waals surface area contributed by atoms with E-state index in [2.05, 4.69) is 5.32 Å². The van der Waals surface area contributed by atoms with Crippen LogP contribution in [0.15, 0.2) is 91.0 Å². The minimum Gasteiger partial charge on any atom is -0.479 e. The lowest BCUT2D eigenvalue weighted by Crippen LogP contribution is -2.33. The molecule has 3 aromatic rings. The molecular formula is C25H25NO4. The Morgan fingerprint density at radius 2 is 1.40 bits per heavy atom. The molecule has 0 bridgehead atoms. The van der Waals surface area contributed by atoms with Crippen LogP contribution in [-0.2, 0) is 16.0 Å². The van der Waals surface area contributed by atoms with Crippen molar-refractivity contribution in [3.8, 4) is 5.75 Å². The van der Waals surface area contributed by atoms with E-state index in [9.17, 15) is 14.7 Å². The largest absolute Gasteiger partial charge is 0.479 e. The van der Waals surface area contributed by atoms with Crippen LogP contribution in [0.2, 0.25) is 0 Å². The molecular weight excluding hydrogens is 378 g/mol. The lowest BCUT2D eigenvalue weighted by molar-refractivity contribution is -0.145. The predicted octanol–water partition coefficient (Wildman–Crippen LogP) is 4.40. The highest BCUT2D eigenvalue weighted by Gasteiger charge is 2.22. The minimum atomic E-state index is -1.09. The number of carbonyl (C=O) groups excluding carboxylic acids is 1. The van der Waals surface area contributed by atoms with Crippen LogP contribution in [0.4, 0.5) is 0 Å². The predicted molar refractivity (Wildman–Crippen MR) is 115 cm³/mol. The monoisotopic (exact) mass is 403 g/mol. The van der Waals surface area contributed by atoms with Crippen molar-refractivity contribution in [1.29, 1.82) is 0 Å². The van der Waals surface area contributed by atoms with Gasteiger partial charge in [0.05, 0.1) is 6.04 Å². The maximum absolute atomic E-state index is 12.6. The number of aliphatic carboxylic acids is 1. The highest BCUT2D eigenvalue weighted by molar-refractivity contribution is 5.78. The Morgan fingerprint density at radius 3 is 2.00 bits per heavy atom. The zero-order chi connectivity index (χ0) is 21.2. The van der Waals surface area contributed by atoms with Crippen LogP contribution in [0.5, 0.6) is 5.75 Å². The number of nitrogens with one attached hydrogen (secondary N) is 1. The summed E-state index contributed by atoms with van der Waals surface area (Å²) >= 11 is 0. The molecule has 30 heavy (non-hydrogen) atoms. The lowest BCUT2D eigenvalue weighted by atomic mass is 9.98. The second-order valence-corrected chi connectivity index (χ2v) is 7.02. The van der Waals surface area contributed by atoms with Gasteiger partial charge in [-0.2, -0.15) is 0 Å². The third kappa shape index (κ3) is 6.48. The fourth-order valence-corrected chi connectivity index (χ4v) is 3.21. The Labute approximate surface area is 176 Å². The van der Waals surface area contributed by atoms with Crippen molar-refractivity contribution in [2.75, 3.05) is 0 Å². The normalized spacial score (nSPS) is 12.5. The topological polar surface area (TPSA) is 75.6 Å². The number of amides is 1. The number of carboxylic acids is 1. The summed E-state index contributed by atoms with van der Waals surface area (Å²) in [6.45, 7) is 0. The number of benzene rings is 3. The highest BCUT2D eigenvalue weighted by atomic mass is 16.5. The number of hydrogen-bond acceptors (Lipinski definition) is 3. The van der Waals surface area contributed by atoms with E-state index in [1.54, 1.807) is 24.3 Å². The van der Waals surface area contributed by atoms with Crippen molar-refractivity contribution in [2.45, 2.75) is 31.4 Å². The van der Waals surface area contributed by atoms with Crippen LogP contribution < -0.4 is 10.1 Å². The molecule has 2 N–H and O–H groups in total. The van der Waals surface area contributed by atoms with Gasteiger partial charge in [0.25, 0.3) is 0 Å². The lowest BCUT2D eigenvalue weighted by Gasteiger charge is -2.20. The van der Waals surface area contributed by atoms with E-state index in [4.69, 9.17) is 4.74 Å². The Hall–Kier alpha value is -3.60. The number of carboxylic acid groups (broad SMARTS) is 1. The Balaban J connectivity index is 1.62. The SMILES string of the molecule is O=C(CCC(Oc1ccccc1)C(=O)O)NC(Cc1ccccc1)c1ccccc1. The van der Waals surface area contributed by atoms with Crippen LogP contribution in [-0.4, -0.2) is 23.1 Å². The van der Waals surface area contributed by atoms with Crippen LogP contribution in [0, 0.1) is 0 Å². The molecule has 2 atom stereocenters. The third-order valence-corrected chi connectivity index (χ3v) is 4.75.